The molecule has 2 aromatic carbocycles. The summed E-state index contributed by atoms with van der Waals surface area (Å²) in [6.07, 6.45) is 0.521. The molecule has 0 bridgehead atoms. The Kier molecular flexibility index (Phi) is 3.22. The largest absolute Gasteiger partial charge is 0.488 e. The summed E-state index contributed by atoms with van der Waals surface area (Å²) in [6.45, 7) is 3.78. The van der Waals surface area contributed by atoms with E-state index in [1.54, 1.807) is 0 Å². The summed E-state index contributed by atoms with van der Waals surface area (Å²) in [4.78, 5) is 0. The smallest absolute Gasteiger partial charge is 0.128 e. The number of rotatable bonds is 2. The second kappa shape index (κ2) is 4.91. The van der Waals surface area contributed by atoms with Crippen LogP contribution in [0.5, 0.6) is 5.75 Å². The summed E-state index contributed by atoms with van der Waals surface area (Å²) in [5.74, 6) is 0.618. The molecular formula is C17H18FNO. The summed E-state index contributed by atoms with van der Waals surface area (Å²) in [7, 11) is 0. The monoisotopic (exact) mass is 271 g/mol. The minimum absolute atomic E-state index is 0.205. The van der Waals surface area contributed by atoms with Gasteiger partial charge in [0.2, 0.25) is 0 Å². The number of halogens is 1. The minimum atomic E-state index is -0.456. The third kappa shape index (κ3) is 2.18. The van der Waals surface area contributed by atoms with Gasteiger partial charge in [0.25, 0.3) is 0 Å². The molecule has 0 aromatic heterocycles. The van der Waals surface area contributed by atoms with Crippen LogP contribution in [0, 0.1) is 19.7 Å². The zero-order valence-corrected chi connectivity index (χ0v) is 11.7. The third-order valence-corrected chi connectivity index (χ3v) is 3.89. The van der Waals surface area contributed by atoms with Gasteiger partial charge in [0, 0.05) is 12.0 Å². The van der Waals surface area contributed by atoms with E-state index in [9.17, 15) is 4.39 Å². The first-order valence-electron chi connectivity index (χ1n) is 6.83. The topological polar surface area (TPSA) is 35.2 Å². The highest BCUT2D eigenvalue weighted by molar-refractivity contribution is 5.40. The van der Waals surface area contributed by atoms with Crippen LogP contribution in [-0.2, 0) is 6.42 Å². The maximum Gasteiger partial charge on any atom is 0.128 e. The summed E-state index contributed by atoms with van der Waals surface area (Å²) in [6, 6.07) is 10.9. The third-order valence-electron chi connectivity index (χ3n) is 3.89. The van der Waals surface area contributed by atoms with Gasteiger partial charge in [-0.1, -0.05) is 24.3 Å². The molecule has 20 heavy (non-hydrogen) atoms. The van der Waals surface area contributed by atoms with E-state index in [0.717, 1.165) is 28.9 Å². The molecule has 0 saturated heterocycles. The van der Waals surface area contributed by atoms with Crippen molar-refractivity contribution in [2.75, 3.05) is 0 Å². The predicted octanol–water partition coefficient (Wildman–Crippen LogP) is 3.45. The molecule has 0 aliphatic carbocycles. The van der Waals surface area contributed by atoms with Crippen molar-refractivity contribution in [3.05, 3.63) is 64.5 Å². The number of nitrogens with two attached hydrogens (primary N) is 1. The lowest BCUT2D eigenvalue weighted by atomic mass is 9.93. The molecule has 2 atom stereocenters. The molecule has 1 aliphatic rings. The molecule has 0 spiro atoms. The number of para-hydroxylation sites is 1. The second-order valence-corrected chi connectivity index (χ2v) is 5.47. The van der Waals surface area contributed by atoms with Gasteiger partial charge in [-0.3, -0.25) is 0 Å². The molecular weight excluding hydrogens is 253 g/mol. The van der Waals surface area contributed by atoms with Gasteiger partial charge in [0.05, 0.1) is 6.04 Å². The molecule has 1 aliphatic heterocycles. The van der Waals surface area contributed by atoms with Crippen LogP contribution in [0.4, 0.5) is 4.39 Å². The van der Waals surface area contributed by atoms with Gasteiger partial charge < -0.3 is 10.5 Å². The Morgan fingerprint density at radius 1 is 1.25 bits per heavy atom. The van der Waals surface area contributed by atoms with Crippen molar-refractivity contribution < 1.29 is 9.13 Å². The van der Waals surface area contributed by atoms with Crippen LogP contribution in [0.15, 0.2) is 36.4 Å². The standard InChI is InChI=1S/C17H18FNO/c1-10-7-11(2)16(13(18)8-10)17(19)15-9-12-5-3-4-6-14(12)20-15/h3-8,15,17H,9,19H2,1-2H3. The van der Waals surface area contributed by atoms with E-state index >= 15 is 0 Å². The van der Waals surface area contributed by atoms with Crippen molar-refractivity contribution in [1.82, 2.24) is 0 Å². The predicted molar refractivity (Wildman–Crippen MR) is 77.4 cm³/mol. The zero-order valence-electron chi connectivity index (χ0n) is 11.7. The number of fused-ring (bicyclic) bond motifs is 1. The molecule has 3 rings (SSSR count). The zero-order chi connectivity index (χ0) is 14.3. The average molecular weight is 271 g/mol. The number of benzene rings is 2. The molecule has 0 fully saturated rings. The van der Waals surface area contributed by atoms with Crippen LogP contribution in [-0.4, -0.2) is 6.10 Å². The van der Waals surface area contributed by atoms with E-state index in [-0.39, 0.29) is 11.9 Å². The fourth-order valence-corrected chi connectivity index (χ4v) is 2.94. The van der Waals surface area contributed by atoms with Crippen LogP contribution < -0.4 is 10.5 Å². The number of aryl methyl sites for hydroxylation is 2. The quantitative estimate of drug-likeness (QED) is 0.908. The van der Waals surface area contributed by atoms with E-state index in [1.807, 2.05) is 44.2 Å². The normalized spacial score (nSPS) is 18.5. The summed E-state index contributed by atoms with van der Waals surface area (Å²) in [5.41, 5.74) is 9.76. The minimum Gasteiger partial charge on any atom is -0.488 e. The highest BCUT2D eigenvalue weighted by Crippen LogP contribution is 2.34. The molecule has 2 unspecified atom stereocenters. The van der Waals surface area contributed by atoms with Crippen LogP contribution in [0.25, 0.3) is 0 Å². The lowest BCUT2D eigenvalue weighted by Gasteiger charge is -2.22. The van der Waals surface area contributed by atoms with Gasteiger partial charge in [-0.25, -0.2) is 4.39 Å². The van der Waals surface area contributed by atoms with E-state index in [1.165, 1.54) is 6.07 Å². The molecule has 0 saturated carbocycles. The van der Waals surface area contributed by atoms with Crippen LogP contribution in [0.3, 0.4) is 0 Å². The molecule has 3 heteroatoms. The molecule has 0 radical (unpaired) electrons. The maximum atomic E-state index is 14.2. The van der Waals surface area contributed by atoms with Crippen molar-refractivity contribution in [3.63, 3.8) is 0 Å². The summed E-state index contributed by atoms with van der Waals surface area (Å²) < 4.78 is 20.1. The number of hydrogen-bond donors (Lipinski definition) is 1. The van der Waals surface area contributed by atoms with E-state index in [0.29, 0.717) is 5.56 Å². The fraction of sp³-hybridized carbons (Fsp3) is 0.294. The number of hydrogen-bond acceptors (Lipinski definition) is 2. The van der Waals surface area contributed by atoms with Gasteiger partial charge in [-0.05, 0) is 42.7 Å². The van der Waals surface area contributed by atoms with Crippen LogP contribution in [0.1, 0.15) is 28.3 Å². The van der Waals surface area contributed by atoms with Crippen molar-refractivity contribution in [2.45, 2.75) is 32.4 Å². The molecule has 104 valence electrons. The Labute approximate surface area is 118 Å². The lowest BCUT2D eigenvalue weighted by molar-refractivity contribution is 0.197. The summed E-state index contributed by atoms with van der Waals surface area (Å²) in [5, 5.41) is 0. The SMILES string of the molecule is Cc1cc(C)c(C(N)C2Cc3ccccc3O2)c(F)c1. The van der Waals surface area contributed by atoms with Gasteiger partial charge in [-0.2, -0.15) is 0 Å². The maximum absolute atomic E-state index is 14.2. The van der Waals surface area contributed by atoms with Crippen molar-refractivity contribution >= 4 is 0 Å². The van der Waals surface area contributed by atoms with Crippen molar-refractivity contribution in [3.8, 4) is 5.75 Å². The molecule has 0 amide bonds. The molecule has 2 nitrogen and oxygen atoms in total. The van der Waals surface area contributed by atoms with Crippen LogP contribution in [0.2, 0.25) is 0 Å². The Morgan fingerprint density at radius 3 is 2.70 bits per heavy atom. The summed E-state index contributed by atoms with van der Waals surface area (Å²) >= 11 is 0. The van der Waals surface area contributed by atoms with Crippen molar-refractivity contribution in [1.29, 1.82) is 0 Å². The van der Waals surface area contributed by atoms with Gasteiger partial charge >= 0.3 is 0 Å². The van der Waals surface area contributed by atoms with E-state index < -0.39 is 6.04 Å². The molecule has 1 heterocycles. The first kappa shape index (κ1) is 13.1. The average Bonchev–Trinajstić information content (AvgIpc) is 2.81. The van der Waals surface area contributed by atoms with Crippen molar-refractivity contribution in [2.24, 2.45) is 5.73 Å². The fourth-order valence-electron chi connectivity index (χ4n) is 2.94. The van der Waals surface area contributed by atoms with E-state index in [4.69, 9.17) is 10.5 Å². The highest BCUT2D eigenvalue weighted by atomic mass is 19.1. The van der Waals surface area contributed by atoms with Gasteiger partial charge in [0.1, 0.15) is 17.7 Å². The lowest BCUT2D eigenvalue weighted by Crippen LogP contribution is -2.31. The second-order valence-electron chi connectivity index (χ2n) is 5.47. The van der Waals surface area contributed by atoms with Crippen LogP contribution >= 0.6 is 0 Å². The molecule has 2 aromatic rings. The molecule has 2 N–H and O–H groups in total. The highest BCUT2D eigenvalue weighted by Gasteiger charge is 2.31. The first-order chi connectivity index (χ1) is 9.56. The first-order valence-corrected chi connectivity index (χ1v) is 6.83. The Bertz CT molecular complexity index is 605. The van der Waals surface area contributed by atoms with Gasteiger partial charge in [-0.15, -0.1) is 0 Å². The number of ether oxygens (including phenoxy) is 1. The van der Waals surface area contributed by atoms with Gasteiger partial charge in [0.15, 0.2) is 0 Å². The Hall–Kier alpha value is -1.87. The Morgan fingerprint density at radius 2 is 2.00 bits per heavy atom. The Balaban J connectivity index is 1.90. The van der Waals surface area contributed by atoms with E-state index in [2.05, 4.69) is 0 Å².